The number of nitrogens with one attached hydrogen (secondary N) is 1. The van der Waals surface area contributed by atoms with Crippen LogP contribution in [0.15, 0.2) is 29.1 Å². The quantitative estimate of drug-likeness (QED) is 0.493. The molecule has 0 amide bonds. The summed E-state index contributed by atoms with van der Waals surface area (Å²) in [5, 5.41) is 14.3. The van der Waals surface area contributed by atoms with E-state index in [1.54, 1.807) is 0 Å². The molecule has 1 atom stereocenters. The van der Waals surface area contributed by atoms with Crippen molar-refractivity contribution in [1.82, 2.24) is 30.1 Å². The Labute approximate surface area is 201 Å². The fourth-order valence-electron chi connectivity index (χ4n) is 6.22. The molecule has 0 bridgehead atoms. The summed E-state index contributed by atoms with van der Waals surface area (Å²) in [6, 6.07) is 9.24. The molecule has 182 valence electrons. The van der Waals surface area contributed by atoms with Crippen molar-refractivity contribution < 1.29 is 0 Å². The van der Waals surface area contributed by atoms with E-state index in [0.29, 0.717) is 18.6 Å². The maximum Gasteiger partial charge on any atom is 0.252 e. The highest BCUT2D eigenvalue weighted by atomic mass is 16.1. The number of aromatic amines is 1. The normalized spacial score (nSPS) is 19.1. The third kappa shape index (κ3) is 4.67. The monoisotopic (exact) mass is 462 g/mol. The summed E-state index contributed by atoms with van der Waals surface area (Å²) in [6.45, 7) is 4.90. The number of tetrazole rings is 1. The standard InChI is InChI=1S/C27H38N6O/c1-3-24(26-29-30-31-33(26)23-15-8-5-9-16-23)32(22-13-6-4-7-14-22)18-21-17-20-12-10-11-19(2)25(20)28-27(21)34/h10-12,17,22-24H,3-9,13-16,18H2,1-2H3,(H,28,34). The Morgan fingerprint density at radius 1 is 1.09 bits per heavy atom. The predicted molar refractivity (Wildman–Crippen MR) is 135 cm³/mol. The second-order valence-electron chi connectivity index (χ2n) is 10.3. The van der Waals surface area contributed by atoms with Gasteiger partial charge in [0.1, 0.15) is 0 Å². The minimum Gasteiger partial charge on any atom is -0.321 e. The lowest BCUT2D eigenvalue weighted by molar-refractivity contribution is 0.0821. The van der Waals surface area contributed by atoms with Gasteiger partial charge in [-0.1, -0.05) is 63.6 Å². The molecule has 2 aromatic heterocycles. The molecule has 2 aliphatic rings. The highest BCUT2D eigenvalue weighted by Gasteiger charge is 2.33. The Bertz CT molecular complexity index is 1160. The van der Waals surface area contributed by atoms with Gasteiger partial charge in [-0.15, -0.1) is 5.10 Å². The lowest BCUT2D eigenvalue weighted by Gasteiger charge is -2.39. The first-order valence-electron chi connectivity index (χ1n) is 13.3. The summed E-state index contributed by atoms with van der Waals surface area (Å²) in [7, 11) is 0. The first-order chi connectivity index (χ1) is 16.7. The van der Waals surface area contributed by atoms with Crippen LogP contribution in [-0.2, 0) is 6.54 Å². The number of hydrogen-bond donors (Lipinski definition) is 1. The molecule has 1 unspecified atom stereocenters. The van der Waals surface area contributed by atoms with E-state index in [1.807, 2.05) is 13.0 Å². The van der Waals surface area contributed by atoms with Crippen LogP contribution in [0.1, 0.15) is 107 Å². The number of aryl methyl sites for hydroxylation is 1. The van der Waals surface area contributed by atoms with Crippen LogP contribution >= 0.6 is 0 Å². The van der Waals surface area contributed by atoms with Crippen LogP contribution in [0, 0.1) is 6.92 Å². The van der Waals surface area contributed by atoms with E-state index >= 15 is 0 Å². The van der Waals surface area contributed by atoms with Crippen LogP contribution in [0.2, 0.25) is 0 Å². The van der Waals surface area contributed by atoms with Crippen LogP contribution in [0.25, 0.3) is 10.9 Å². The third-order valence-corrected chi connectivity index (χ3v) is 8.09. The Balaban J connectivity index is 1.51. The molecule has 34 heavy (non-hydrogen) atoms. The number of H-pyrrole nitrogens is 1. The average Bonchev–Trinajstić information content (AvgIpc) is 3.35. The second kappa shape index (κ2) is 10.4. The maximum absolute atomic E-state index is 13.2. The van der Waals surface area contributed by atoms with Crippen molar-refractivity contribution in [1.29, 1.82) is 0 Å². The number of hydrogen-bond acceptors (Lipinski definition) is 5. The van der Waals surface area contributed by atoms with E-state index in [1.165, 1.54) is 51.4 Å². The summed E-state index contributed by atoms with van der Waals surface area (Å²) in [5.41, 5.74) is 2.89. The van der Waals surface area contributed by atoms with Gasteiger partial charge in [0.2, 0.25) is 0 Å². The molecule has 1 N–H and O–H groups in total. The van der Waals surface area contributed by atoms with E-state index in [-0.39, 0.29) is 11.6 Å². The van der Waals surface area contributed by atoms with Gasteiger partial charge in [-0.3, -0.25) is 9.69 Å². The molecule has 2 saturated carbocycles. The first-order valence-corrected chi connectivity index (χ1v) is 13.3. The lowest BCUT2D eigenvalue weighted by atomic mass is 9.91. The SMILES string of the molecule is CCC(c1nnnn1C1CCCCC1)N(Cc1cc2cccc(C)c2[nH]c1=O)C1CCCCC1. The fraction of sp³-hybridized carbons (Fsp3) is 0.630. The molecule has 7 nitrogen and oxygen atoms in total. The van der Waals surface area contributed by atoms with Gasteiger partial charge in [0, 0.05) is 18.2 Å². The van der Waals surface area contributed by atoms with Crippen molar-refractivity contribution in [3.05, 3.63) is 51.6 Å². The number of nitrogens with zero attached hydrogens (tertiary/aromatic N) is 5. The van der Waals surface area contributed by atoms with E-state index in [2.05, 4.69) is 55.2 Å². The highest BCUT2D eigenvalue weighted by Crippen LogP contribution is 2.35. The summed E-state index contributed by atoms with van der Waals surface area (Å²) in [4.78, 5) is 18.9. The van der Waals surface area contributed by atoms with Crippen molar-refractivity contribution in [2.75, 3.05) is 0 Å². The molecule has 0 radical (unpaired) electrons. The fourth-order valence-corrected chi connectivity index (χ4v) is 6.22. The molecule has 5 rings (SSSR count). The van der Waals surface area contributed by atoms with Crippen LogP contribution < -0.4 is 5.56 Å². The number of rotatable bonds is 7. The summed E-state index contributed by atoms with van der Waals surface area (Å²) in [6.07, 6.45) is 13.2. The van der Waals surface area contributed by atoms with Gasteiger partial charge in [-0.05, 0) is 66.5 Å². The summed E-state index contributed by atoms with van der Waals surface area (Å²) in [5.74, 6) is 0.980. The topological polar surface area (TPSA) is 79.7 Å². The Hall–Kier alpha value is -2.54. The summed E-state index contributed by atoms with van der Waals surface area (Å²) < 4.78 is 2.12. The molecule has 0 saturated heterocycles. The minimum absolute atomic E-state index is 0.0179. The Kier molecular flexibility index (Phi) is 7.09. The number of aromatic nitrogens is 5. The molecule has 3 aromatic rings. The molecule has 0 aliphatic heterocycles. The van der Waals surface area contributed by atoms with Crippen molar-refractivity contribution in [3.8, 4) is 0 Å². The zero-order valence-corrected chi connectivity index (χ0v) is 20.7. The summed E-state index contributed by atoms with van der Waals surface area (Å²) >= 11 is 0. The molecule has 2 heterocycles. The third-order valence-electron chi connectivity index (χ3n) is 8.09. The zero-order valence-electron chi connectivity index (χ0n) is 20.7. The Morgan fingerprint density at radius 2 is 1.82 bits per heavy atom. The van der Waals surface area contributed by atoms with Gasteiger partial charge in [-0.2, -0.15) is 0 Å². The van der Waals surface area contributed by atoms with Crippen LogP contribution in [0.3, 0.4) is 0 Å². The van der Waals surface area contributed by atoms with Crippen molar-refractivity contribution in [2.45, 2.75) is 109 Å². The minimum atomic E-state index is 0.0179. The van der Waals surface area contributed by atoms with Gasteiger partial charge in [-0.25, -0.2) is 4.68 Å². The average molecular weight is 463 g/mol. The van der Waals surface area contributed by atoms with Gasteiger partial charge in [0.05, 0.1) is 17.6 Å². The van der Waals surface area contributed by atoms with Crippen LogP contribution in [0.4, 0.5) is 0 Å². The molecular weight excluding hydrogens is 424 g/mol. The van der Waals surface area contributed by atoms with Crippen LogP contribution in [0.5, 0.6) is 0 Å². The van der Waals surface area contributed by atoms with E-state index in [4.69, 9.17) is 0 Å². The van der Waals surface area contributed by atoms with E-state index in [0.717, 1.165) is 47.1 Å². The molecular formula is C27H38N6O. The second-order valence-corrected chi connectivity index (χ2v) is 10.3. The van der Waals surface area contributed by atoms with Gasteiger partial charge in [0.15, 0.2) is 5.82 Å². The molecule has 1 aromatic carbocycles. The molecule has 7 heteroatoms. The zero-order chi connectivity index (χ0) is 23.5. The van der Waals surface area contributed by atoms with Crippen molar-refractivity contribution >= 4 is 10.9 Å². The molecule has 2 aliphatic carbocycles. The first kappa shape index (κ1) is 23.2. The van der Waals surface area contributed by atoms with Crippen LogP contribution in [-0.4, -0.2) is 36.1 Å². The maximum atomic E-state index is 13.2. The van der Waals surface area contributed by atoms with Crippen molar-refractivity contribution in [3.63, 3.8) is 0 Å². The largest absolute Gasteiger partial charge is 0.321 e. The Morgan fingerprint density at radius 3 is 2.56 bits per heavy atom. The van der Waals surface area contributed by atoms with Gasteiger partial charge < -0.3 is 4.98 Å². The number of pyridine rings is 1. The smallest absolute Gasteiger partial charge is 0.252 e. The van der Waals surface area contributed by atoms with E-state index in [9.17, 15) is 4.79 Å². The number of benzene rings is 1. The lowest BCUT2D eigenvalue weighted by Crippen LogP contribution is -2.41. The highest BCUT2D eigenvalue weighted by molar-refractivity contribution is 5.81. The molecule has 2 fully saturated rings. The van der Waals surface area contributed by atoms with Gasteiger partial charge in [0.25, 0.3) is 5.56 Å². The number of para-hydroxylation sites is 1. The van der Waals surface area contributed by atoms with E-state index < -0.39 is 0 Å². The molecule has 0 spiro atoms. The van der Waals surface area contributed by atoms with Gasteiger partial charge >= 0.3 is 0 Å². The number of fused-ring (bicyclic) bond motifs is 1. The van der Waals surface area contributed by atoms with Crippen molar-refractivity contribution in [2.24, 2.45) is 0 Å². The predicted octanol–water partition coefficient (Wildman–Crippen LogP) is 5.61.